The summed E-state index contributed by atoms with van der Waals surface area (Å²) in [7, 11) is 0. The minimum absolute atomic E-state index is 0.0845. The van der Waals surface area contributed by atoms with Gasteiger partial charge in [0.15, 0.2) is 0 Å². The number of amides is 2. The lowest BCUT2D eigenvalue weighted by Crippen LogP contribution is -2.49. The molecule has 1 saturated heterocycles. The largest absolute Gasteiger partial charge is 0.322 e. The summed E-state index contributed by atoms with van der Waals surface area (Å²) in [5, 5.41) is 8.20. The van der Waals surface area contributed by atoms with Gasteiger partial charge in [0.2, 0.25) is 4.96 Å². The van der Waals surface area contributed by atoms with Crippen molar-refractivity contribution in [2.45, 2.75) is 20.4 Å². The summed E-state index contributed by atoms with van der Waals surface area (Å²) < 4.78 is 1.37. The standard InChI is InChI=1S/C25H26N6O2S/c1-17-8-9-20(14-18(17)2)26-24(33)30-12-10-29(11-13-30)16-21-15-22(32)31-25(27-21)34-23(28-31)19-6-4-3-5-7-19/h3-9,14-15H,10-13,16H2,1-2H3,(H,26,33). The van der Waals surface area contributed by atoms with E-state index in [2.05, 4.69) is 27.2 Å². The van der Waals surface area contributed by atoms with Crippen molar-refractivity contribution in [3.63, 3.8) is 0 Å². The van der Waals surface area contributed by atoms with E-state index < -0.39 is 0 Å². The van der Waals surface area contributed by atoms with E-state index in [1.807, 2.05) is 60.4 Å². The number of aryl methyl sites for hydroxylation is 2. The number of carbonyl (C=O) groups excluding carboxylic acids is 1. The summed E-state index contributed by atoms with van der Waals surface area (Å²) in [4.78, 5) is 34.6. The maximum absolute atomic E-state index is 12.7. The third kappa shape index (κ3) is 4.71. The van der Waals surface area contributed by atoms with Crippen molar-refractivity contribution < 1.29 is 4.79 Å². The monoisotopic (exact) mass is 474 g/mol. The SMILES string of the molecule is Cc1ccc(NC(=O)N2CCN(Cc3cc(=O)n4nc(-c5ccccc5)sc4n3)CC2)cc1C. The van der Waals surface area contributed by atoms with Crippen molar-refractivity contribution in [2.24, 2.45) is 0 Å². The Morgan fingerprint density at radius 1 is 1.00 bits per heavy atom. The van der Waals surface area contributed by atoms with Crippen LogP contribution in [0.2, 0.25) is 0 Å². The highest BCUT2D eigenvalue weighted by Crippen LogP contribution is 2.24. The molecule has 4 aromatic rings. The fourth-order valence-corrected chi connectivity index (χ4v) is 4.92. The van der Waals surface area contributed by atoms with Crippen LogP contribution in [0.1, 0.15) is 16.8 Å². The zero-order valence-electron chi connectivity index (χ0n) is 19.2. The number of aromatic nitrogens is 3. The summed E-state index contributed by atoms with van der Waals surface area (Å²) in [6.07, 6.45) is 0. The normalized spacial score (nSPS) is 14.5. The summed E-state index contributed by atoms with van der Waals surface area (Å²) in [5.41, 5.74) is 4.68. The van der Waals surface area contributed by atoms with Crippen molar-refractivity contribution >= 4 is 28.0 Å². The molecule has 8 nitrogen and oxygen atoms in total. The average Bonchev–Trinajstić information content (AvgIpc) is 3.27. The predicted octanol–water partition coefficient (Wildman–Crippen LogP) is 3.78. The number of rotatable bonds is 4. The topological polar surface area (TPSA) is 82.8 Å². The second-order valence-corrected chi connectivity index (χ2v) is 9.50. The van der Waals surface area contributed by atoms with Gasteiger partial charge in [-0.15, -0.1) is 0 Å². The van der Waals surface area contributed by atoms with E-state index in [4.69, 9.17) is 0 Å². The Morgan fingerprint density at radius 2 is 1.76 bits per heavy atom. The van der Waals surface area contributed by atoms with E-state index in [1.165, 1.54) is 21.4 Å². The van der Waals surface area contributed by atoms with Crippen LogP contribution in [0.5, 0.6) is 0 Å². The van der Waals surface area contributed by atoms with Gasteiger partial charge in [-0.1, -0.05) is 47.7 Å². The number of carbonyl (C=O) groups is 1. The van der Waals surface area contributed by atoms with Crippen LogP contribution in [-0.2, 0) is 6.54 Å². The summed E-state index contributed by atoms with van der Waals surface area (Å²) in [6.45, 7) is 7.34. The van der Waals surface area contributed by atoms with E-state index in [9.17, 15) is 9.59 Å². The third-order valence-electron chi connectivity index (χ3n) is 6.12. The van der Waals surface area contributed by atoms with Crippen LogP contribution in [-0.4, -0.2) is 56.6 Å². The summed E-state index contributed by atoms with van der Waals surface area (Å²) in [6, 6.07) is 17.2. The van der Waals surface area contributed by atoms with E-state index in [0.717, 1.165) is 40.6 Å². The van der Waals surface area contributed by atoms with E-state index in [-0.39, 0.29) is 11.6 Å². The first kappa shape index (κ1) is 22.2. The summed E-state index contributed by atoms with van der Waals surface area (Å²) >= 11 is 1.41. The Bertz CT molecular complexity index is 1390. The van der Waals surface area contributed by atoms with Gasteiger partial charge in [0, 0.05) is 50.0 Å². The molecule has 2 aromatic heterocycles. The number of hydrogen-bond acceptors (Lipinski definition) is 6. The van der Waals surface area contributed by atoms with Crippen LogP contribution < -0.4 is 10.9 Å². The highest BCUT2D eigenvalue weighted by molar-refractivity contribution is 7.19. The minimum Gasteiger partial charge on any atom is -0.322 e. The first-order valence-electron chi connectivity index (χ1n) is 11.3. The molecule has 2 aromatic carbocycles. The first-order valence-corrected chi connectivity index (χ1v) is 12.1. The molecule has 1 N–H and O–H groups in total. The molecule has 0 atom stereocenters. The number of hydrogen-bond donors (Lipinski definition) is 1. The number of nitrogens with zero attached hydrogens (tertiary/aromatic N) is 5. The molecular formula is C25H26N6O2S. The molecule has 0 radical (unpaired) electrons. The maximum Gasteiger partial charge on any atom is 0.321 e. The van der Waals surface area contributed by atoms with Gasteiger partial charge in [-0.2, -0.15) is 9.61 Å². The van der Waals surface area contributed by atoms with Crippen molar-refractivity contribution in [3.05, 3.63) is 81.8 Å². The van der Waals surface area contributed by atoms with Gasteiger partial charge in [0.1, 0.15) is 5.01 Å². The lowest BCUT2D eigenvalue weighted by molar-refractivity contribution is 0.142. The lowest BCUT2D eigenvalue weighted by Gasteiger charge is -2.34. The van der Waals surface area contributed by atoms with Crippen molar-refractivity contribution in [1.29, 1.82) is 0 Å². The van der Waals surface area contributed by atoms with Gasteiger partial charge in [-0.05, 0) is 37.1 Å². The fraction of sp³-hybridized carbons (Fsp3) is 0.280. The number of anilines is 1. The maximum atomic E-state index is 12.7. The van der Waals surface area contributed by atoms with Gasteiger partial charge in [0.05, 0.1) is 5.69 Å². The molecule has 174 valence electrons. The van der Waals surface area contributed by atoms with Crippen molar-refractivity contribution in [1.82, 2.24) is 24.4 Å². The van der Waals surface area contributed by atoms with Crippen LogP contribution in [0.4, 0.5) is 10.5 Å². The lowest BCUT2D eigenvalue weighted by atomic mass is 10.1. The van der Waals surface area contributed by atoms with Crippen molar-refractivity contribution in [2.75, 3.05) is 31.5 Å². The predicted molar refractivity (Wildman–Crippen MR) is 134 cm³/mol. The zero-order chi connectivity index (χ0) is 23.7. The van der Waals surface area contributed by atoms with E-state index in [0.29, 0.717) is 24.6 Å². The molecule has 0 saturated carbocycles. The smallest absolute Gasteiger partial charge is 0.321 e. The third-order valence-corrected chi connectivity index (χ3v) is 7.08. The van der Waals surface area contributed by atoms with Crippen LogP contribution in [0, 0.1) is 13.8 Å². The van der Waals surface area contributed by atoms with Crippen LogP contribution in [0.15, 0.2) is 59.4 Å². The molecule has 2 amide bonds. The average molecular weight is 475 g/mol. The quantitative estimate of drug-likeness (QED) is 0.487. The van der Waals surface area contributed by atoms with Crippen LogP contribution in [0.3, 0.4) is 0 Å². The molecule has 34 heavy (non-hydrogen) atoms. The molecule has 1 aliphatic heterocycles. The fourth-order valence-electron chi connectivity index (χ4n) is 3.99. The zero-order valence-corrected chi connectivity index (χ0v) is 20.0. The second kappa shape index (κ2) is 9.36. The number of nitrogens with one attached hydrogen (secondary N) is 1. The Kier molecular flexibility index (Phi) is 6.12. The highest BCUT2D eigenvalue weighted by Gasteiger charge is 2.22. The van der Waals surface area contributed by atoms with Gasteiger partial charge in [-0.3, -0.25) is 9.69 Å². The van der Waals surface area contributed by atoms with Crippen LogP contribution in [0.25, 0.3) is 15.5 Å². The number of urea groups is 1. The molecular weight excluding hydrogens is 448 g/mol. The van der Waals surface area contributed by atoms with Gasteiger partial charge < -0.3 is 10.2 Å². The second-order valence-electron chi connectivity index (χ2n) is 8.55. The molecule has 0 bridgehead atoms. The Balaban J connectivity index is 1.22. The van der Waals surface area contributed by atoms with Crippen LogP contribution >= 0.6 is 11.3 Å². The minimum atomic E-state index is -0.176. The molecule has 0 unspecified atom stereocenters. The van der Waals surface area contributed by atoms with Gasteiger partial charge in [-0.25, -0.2) is 9.78 Å². The molecule has 1 fully saturated rings. The molecule has 0 aliphatic carbocycles. The Morgan fingerprint density at radius 3 is 2.50 bits per heavy atom. The highest BCUT2D eigenvalue weighted by atomic mass is 32.1. The first-order chi connectivity index (χ1) is 16.5. The molecule has 5 rings (SSSR count). The Labute approximate surface area is 201 Å². The molecule has 3 heterocycles. The van der Waals surface area contributed by atoms with E-state index in [1.54, 1.807) is 6.07 Å². The van der Waals surface area contributed by atoms with Gasteiger partial charge >= 0.3 is 6.03 Å². The van der Waals surface area contributed by atoms with Gasteiger partial charge in [0.25, 0.3) is 5.56 Å². The van der Waals surface area contributed by atoms with Crippen molar-refractivity contribution in [3.8, 4) is 10.6 Å². The van der Waals surface area contributed by atoms with E-state index >= 15 is 0 Å². The Hall–Kier alpha value is -3.56. The molecule has 0 spiro atoms. The number of benzene rings is 2. The number of fused-ring (bicyclic) bond motifs is 1. The number of piperazine rings is 1. The summed E-state index contributed by atoms with van der Waals surface area (Å²) in [5.74, 6) is 0. The molecule has 9 heteroatoms. The molecule has 1 aliphatic rings.